The maximum Gasteiger partial charge on any atom is 0.259 e. The van der Waals surface area contributed by atoms with Crippen molar-refractivity contribution in [3.05, 3.63) is 81.5 Å². The normalized spacial score (nSPS) is 13.6. The maximum absolute atomic E-state index is 13.8. The zero-order chi connectivity index (χ0) is 22.0. The number of fused-ring (bicyclic) bond motifs is 1. The van der Waals surface area contributed by atoms with Crippen molar-refractivity contribution in [2.75, 3.05) is 18.4 Å². The van der Waals surface area contributed by atoms with Gasteiger partial charge in [-0.05, 0) is 31.2 Å². The van der Waals surface area contributed by atoms with E-state index in [0.717, 1.165) is 24.3 Å². The van der Waals surface area contributed by atoms with Crippen LogP contribution in [0.4, 0.5) is 10.1 Å². The van der Waals surface area contributed by atoms with Gasteiger partial charge in [-0.3, -0.25) is 19.1 Å². The lowest BCUT2D eigenvalue weighted by molar-refractivity contribution is -0.116. The number of carbonyl (C=O) groups is 1. The minimum Gasteiger partial charge on any atom is -0.324 e. The molecule has 2 aromatic carbocycles. The molecule has 0 unspecified atom stereocenters. The fourth-order valence-electron chi connectivity index (χ4n) is 3.81. The van der Waals surface area contributed by atoms with Crippen molar-refractivity contribution >= 4 is 11.6 Å². The van der Waals surface area contributed by atoms with Gasteiger partial charge in [0.05, 0.1) is 11.3 Å². The first-order chi connectivity index (χ1) is 15.0. The standard InChI is InChI=1S/C24H25FN4O2/c1-3-28-12-11-21-19(14-28)24(31)29(23(27-21)17-7-5-4-6-8-17)15-22(30)26-18-10-9-16(2)20(25)13-18/h4-10,13H,3,11-12,14-15H2,1-2H3,(H,26,30). The van der Waals surface area contributed by atoms with Crippen molar-refractivity contribution in [3.63, 3.8) is 0 Å². The van der Waals surface area contributed by atoms with Gasteiger partial charge in [-0.1, -0.05) is 43.3 Å². The van der Waals surface area contributed by atoms with E-state index in [2.05, 4.69) is 17.1 Å². The zero-order valence-electron chi connectivity index (χ0n) is 17.7. The van der Waals surface area contributed by atoms with Crippen molar-refractivity contribution in [1.29, 1.82) is 0 Å². The average Bonchev–Trinajstić information content (AvgIpc) is 2.78. The number of amides is 1. The van der Waals surface area contributed by atoms with Crippen molar-refractivity contribution < 1.29 is 9.18 Å². The number of hydrogen-bond donors (Lipinski definition) is 1. The Labute approximate surface area is 180 Å². The van der Waals surface area contributed by atoms with Crippen LogP contribution in [-0.4, -0.2) is 33.4 Å². The molecule has 1 amide bonds. The zero-order valence-corrected chi connectivity index (χ0v) is 17.7. The topological polar surface area (TPSA) is 67.2 Å². The largest absolute Gasteiger partial charge is 0.324 e. The molecule has 0 bridgehead atoms. The molecule has 31 heavy (non-hydrogen) atoms. The molecule has 1 aliphatic heterocycles. The third-order valence-corrected chi connectivity index (χ3v) is 5.63. The van der Waals surface area contributed by atoms with Gasteiger partial charge in [0.1, 0.15) is 18.2 Å². The summed E-state index contributed by atoms with van der Waals surface area (Å²) in [5, 5.41) is 2.69. The highest BCUT2D eigenvalue weighted by molar-refractivity contribution is 5.90. The minimum absolute atomic E-state index is 0.202. The second-order valence-electron chi connectivity index (χ2n) is 7.75. The highest BCUT2D eigenvalue weighted by Gasteiger charge is 2.24. The summed E-state index contributed by atoms with van der Waals surface area (Å²) in [6, 6.07) is 13.9. The molecule has 6 nitrogen and oxygen atoms in total. The molecule has 1 N–H and O–H groups in total. The molecule has 0 aliphatic carbocycles. The molecule has 1 aromatic heterocycles. The third-order valence-electron chi connectivity index (χ3n) is 5.63. The summed E-state index contributed by atoms with van der Waals surface area (Å²) in [6.07, 6.45) is 0.702. The fourth-order valence-corrected chi connectivity index (χ4v) is 3.81. The smallest absolute Gasteiger partial charge is 0.259 e. The SMILES string of the molecule is CCN1CCc2nc(-c3ccccc3)n(CC(=O)Nc3ccc(C)c(F)c3)c(=O)c2C1. The molecule has 1 aliphatic rings. The molecule has 0 saturated carbocycles. The second kappa shape index (κ2) is 8.81. The molecule has 2 heterocycles. The Kier molecular flexibility index (Phi) is 5.95. The second-order valence-corrected chi connectivity index (χ2v) is 7.75. The van der Waals surface area contributed by atoms with Crippen LogP contribution in [0, 0.1) is 12.7 Å². The van der Waals surface area contributed by atoms with Gasteiger partial charge in [0.25, 0.3) is 5.56 Å². The summed E-state index contributed by atoms with van der Waals surface area (Å²) in [7, 11) is 0. The lowest BCUT2D eigenvalue weighted by Gasteiger charge is -2.27. The van der Waals surface area contributed by atoms with E-state index in [1.54, 1.807) is 19.1 Å². The van der Waals surface area contributed by atoms with Gasteiger partial charge in [-0.25, -0.2) is 9.37 Å². The summed E-state index contributed by atoms with van der Waals surface area (Å²) in [6.45, 7) is 5.74. The Balaban J connectivity index is 1.71. The first-order valence-electron chi connectivity index (χ1n) is 10.4. The van der Waals surface area contributed by atoms with Crippen LogP contribution in [0.3, 0.4) is 0 Å². The van der Waals surface area contributed by atoms with Gasteiger partial charge >= 0.3 is 0 Å². The fraction of sp³-hybridized carbons (Fsp3) is 0.292. The summed E-state index contributed by atoms with van der Waals surface area (Å²) in [4.78, 5) is 33.2. The van der Waals surface area contributed by atoms with Crippen molar-refractivity contribution in [3.8, 4) is 11.4 Å². The van der Waals surface area contributed by atoms with Crippen molar-refractivity contribution in [1.82, 2.24) is 14.5 Å². The molecule has 0 atom stereocenters. The number of hydrogen-bond acceptors (Lipinski definition) is 4. The Morgan fingerprint density at radius 3 is 2.68 bits per heavy atom. The van der Waals surface area contributed by atoms with Gasteiger partial charge in [-0.2, -0.15) is 0 Å². The van der Waals surface area contributed by atoms with Gasteiger partial charge in [0, 0.05) is 30.8 Å². The lowest BCUT2D eigenvalue weighted by Crippen LogP contribution is -2.39. The number of benzene rings is 2. The first kappa shape index (κ1) is 20.9. The molecule has 0 radical (unpaired) electrons. The van der Waals surface area contributed by atoms with Gasteiger partial charge in [-0.15, -0.1) is 0 Å². The number of aryl methyl sites for hydroxylation is 1. The van der Waals surface area contributed by atoms with E-state index >= 15 is 0 Å². The Morgan fingerprint density at radius 1 is 1.19 bits per heavy atom. The lowest BCUT2D eigenvalue weighted by atomic mass is 10.1. The summed E-state index contributed by atoms with van der Waals surface area (Å²) in [5.74, 6) is -0.331. The van der Waals surface area contributed by atoms with Gasteiger partial charge < -0.3 is 5.32 Å². The van der Waals surface area contributed by atoms with E-state index in [1.165, 1.54) is 10.6 Å². The van der Waals surface area contributed by atoms with E-state index in [-0.39, 0.29) is 12.1 Å². The van der Waals surface area contributed by atoms with Gasteiger partial charge in [0.2, 0.25) is 5.91 Å². The van der Waals surface area contributed by atoms with Crippen LogP contribution in [0.25, 0.3) is 11.4 Å². The first-order valence-corrected chi connectivity index (χ1v) is 10.4. The molecular formula is C24H25FN4O2. The van der Waals surface area contributed by atoms with E-state index in [1.807, 2.05) is 30.3 Å². The van der Waals surface area contributed by atoms with E-state index in [9.17, 15) is 14.0 Å². The summed E-state index contributed by atoms with van der Waals surface area (Å²) >= 11 is 0. The predicted octanol–water partition coefficient (Wildman–Crippen LogP) is 3.37. The van der Waals surface area contributed by atoms with E-state index in [0.29, 0.717) is 35.6 Å². The number of aromatic nitrogens is 2. The van der Waals surface area contributed by atoms with Gasteiger partial charge in [0.15, 0.2) is 0 Å². The van der Waals surface area contributed by atoms with Crippen LogP contribution in [0.2, 0.25) is 0 Å². The van der Waals surface area contributed by atoms with Crippen LogP contribution in [0.15, 0.2) is 53.3 Å². The number of carbonyl (C=O) groups excluding carboxylic acids is 1. The molecule has 3 aromatic rings. The predicted molar refractivity (Wildman–Crippen MR) is 118 cm³/mol. The number of likely N-dealkylation sites (N-methyl/N-ethyl adjacent to an activating group) is 1. The molecule has 160 valence electrons. The monoisotopic (exact) mass is 420 g/mol. The molecule has 0 saturated heterocycles. The number of nitrogens with zero attached hydrogens (tertiary/aromatic N) is 3. The van der Waals surface area contributed by atoms with Crippen LogP contribution >= 0.6 is 0 Å². The maximum atomic E-state index is 13.8. The van der Waals surface area contributed by atoms with Crippen LogP contribution in [0.5, 0.6) is 0 Å². The highest BCUT2D eigenvalue weighted by Crippen LogP contribution is 2.21. The Bertz CT molecular complexity index is 1170. The average molecular weight is 420 g/mol. The van der Waals surface area contributed by atoms with Crippen molar-refractivity contribution in [2.24, 2.45) is 0 Å². The highest BCUT2D eigenvalue weighted by atomic mass is 19.1. The van der Waals surface area contributed by atoms with Crippen molar-refractivity contribution in [2.45, 2.75) is 33.4 Å². The molecule has 0 spiro atoms. The van der Waals surface area contributed by atoms with Crippen LogP contribution in [-0.2, 0) is 24.3 Å². The van der Waals surface area contributed by atoms with E-state index < -0.39 is 11.7 Å². The Hall–Kier alpha value is -3.32. The summed E-state index contributed by atoms with van der Waals surface area (Å²) < 4.78 is 15.3. The van der Waals surface area contributed by atoms with E-state index in [4.69, 9.17) is 4.98 Å². The summed E-state index contributed by atoms with van der Waals surface area (Å²) in [5.41, 5.74) is 2.86. The number of halogens is 1. The molecule has 0 fully saturated rings. The Morgan fingerprint density at radius 2 is 1.97 bits per heavy atom. The van der Waals surface area contributed by atoms with Crippen LogP contribution in [0.1, 0.15) is 23.7 Å². The number of nitrogens with one attached hydrogen (secondary N) is 1. The molecule has 7 heteroatoms. The third kappa shape index (κ3) is 4.41. The quantitative estimate of drug-likeness (QED) is 0.687. The van der Waals surface area contributed by atoms with Crippen LogP contribution < -0.4 is 10.9 Å². The minimum atomic E-state index is -0.410. The number of rotatable bonds is 5. The molecule has 4 rings (SSSR count). The number of anilines is 1. The molecular weight excluding hydrogens is 395 g/mol.